The molecule has 96 valence electrons. The van der Waals surface area contributed by atoms with E-state index in [0.29, 0.717) is 5.71 Å². The van der Waals surface area contributed by atoms with E-state index < -0.39 is 0 Å². The van der Waals surface area contributed by atoms with Gasteiger partial charge in [0.25, 0.3) is 0 Å². The molecule has 2 aromatic heterocycles. The van der Waals surface area contributed by atoms with Gasteiger partial charge in [0.05, 0.1) is 5.69 Å². The molecule has 0 bridgehead atoms. The molecule has 2 nitrogen and oxygen atoms in total. The second kappa shape index (κ2) is 4.46. The number of furan rings is 1. The van der Waals surface area contributed by atoms with Crippen molar-refractivity contribution in [3.05, 3.63) is 65.1 Å². The van der Waals surface area contributed by atoms with Gasteiger partial charge in [-0.05, 0) is 30.3 Å². The van der Waals surface area contributed by atoms with Gasteiger partial charge in [0.15, 0.2) is 0 Å². The fourth-order valence-electron chi connectivity index (χ4n) is 2.40. The number of fused-ring (bicyclic) bond motifs is 3. The molecule has 0 aliphatic heterocycles. The molecule has 0 saturated carbocycles. The van der Waals surface area contributed by atoms with Gasteiger partial charge in [-0.15, -0.1) is 0 Å². The number of hydrogen-bond donors (Lipinski definition) is 0. The van der Waals surface area contributed by atoms with Crippen LogP contribution >= 0.6 is 15.9 Å². The standard InChI is InChI=1S/C17H10BrNO/c18-12-6-9-16-14(10-12)13-7-8-15(19-17(13)20-16)11-4-2-1-3-5-11/h1-10H. The van der Waals surface area contributed by atoms with Gasteiger partial charge >= 0.3 is 0 Å². The first kappa shape index (κ1) is 11.7. The third-order valence-corrected chi connectivity index (χ3v) is 3.86. The molecule has 4 aromatic rings. The number of rotatable bonds is 1. The summed E-state index contributed by atoms with van der Waals surface area (Å²) in [5, 5.41) is 2.13. The van der Waals surface area contributed by atoms with E-state index in [1.54, 1.807) is 0 Å². The highest BCUT2D eigenvalue weighted by atomic mass is 79.9. The van der Waals surface area contributed by atoms with E-state index in [2.05, 4.69) is 33.0 Å². The van der Waals surface area contributed by atoms with Gasteiger partial charge in [-0.1, -0.05) is 46.3 Å². The van der Waals surface area contributed by atoms with Crippen molar-refractivity contribution in [3.8, 4) is 11.3 Å². The first-order valence-corrected chi connectivity index (χ1v) is 7.15. The third-order valence-electron chi connectivity index (χ3n) is 3.37. The fraction of sp³-hybridized carbons (Fsp3) is 0. The minimum Gasteiger partial charge on any atom is -0.438 e. The molecule has 0 amide bonds. The number of benzene rings is 2. The Hall–Kier alpha value is -2.13. The smallest absolute Gasteiger partial charge is 0.227 e. The van der Waals surface area contributed by atoms with Gasteiger partial charge in [-0.25, -0.2) is 4.98 Å². The van der Waals surface area contributed by atoms with Crippen molar-refractivity contribution in [3.63, 3.8) is 0 Å². The van der Waals surface area contributed by atoms with Crippen molar-refractivity contribution < 1.29 is 4.42 Å². The normalized spacial score (nSPS) is 11.2. The summed E-state index contributed by atoms with van der Waals surface area (Å²) in [5.41, 5.74) is 3.56. The van der Waals surface area contributed by atoms with E-state index in [1.165, 1.54) is 0 Å². The molecule has 20 heavy (non-hydrogen) atoms. The number of halogens is 1. The molecule has 2 heterocycles. The topological polar surface area (TPSA) is 26.0 Å². The highest BCUT2D eigenvalue weighted by Gasteiger charge is 2.09. The van der Waals surface area contributed by atoms with Crippen LogP contribution in [0.5, 0.6) is 0 Å². The molecule has 0 fully saturated rings. The van der Waals surface area contributed by atoms with Crippen LogP contribution in [0.2, 0.25) is 0 Å². The lowest BCUT2D eigenvalue weighted by molar-refractivity contribution is 0.654. The zero-order valence-electron chi connectivity index (χ0n) is 10.5. The Morgan fingerprint density at radius 3 is 2.55 bits per heavy atom. The monoisotopic (exact) mass is 323 g/mol. The Morgan fingerprint density at radius 2 is 1.70 bits per heavy atom. The van der Waals surface area contributed by atoms with E-state index >= 15 is 0 Å². The van der Waals surface area contributed by atoms with Crippen molar-refractivity contribution in [1.29, 1.82) is 0 Å². The molecule has 0 radical (unpaired) electrons. The number of hydrogen-bond acceptors (Lipinski definition) is 2. The van der Waals surface area contributed by atoms with Crippen molar-refractivity contribution in [2.75, 3.05) is 0 Å². The zero-order chi connectivity index (χ0) is 13.5. The van der Waals surface area contributed by atoms with Crippen LogP contribution in [0.4, 0.5) is 0 Å². The Kier molecular flexibility index (Phi) is 2.60. The highest BCUT2D eigenvalue weighted by molar-refractivity contribution is 9.10. The summed E-state index contributed by atoms with van der Waals surface area (Å²) in [6.07, 6.45) is 0. The lowest BCUT2D eigenvalue weighted by atomic mass is 10.1. The molecular formula is C17H10BrNO. The average molecular weight is 324 g/mol. The molecule has 2 aromatic carbocycles. The first-order chi connectivity index (χ1) is 9.81. The van der Waals surface area contributed by atoms with Crippen LogP contribution in [-0.4, -0.2) is 4.98 Å². The summed E-state index contributed by atoms with van der Waals surface area (Å²) in [7, 11) is 0. The van der Waals surface area contributed by atoms with Gasteiger partial charge in [0.2, 0.25) is 5.71 Å². The van der Waals surface area contributed by atoms with Gasteiger partial charge < -0.3 is 4.42 Å². The van der Waals surface area contributed by atoms with E-state index in [4.69, 9.17) is 4.42 Å². The van der Waals surface area contributed by atoms with Crippen LogP contribution in [0.15, 0.2) is 69.6 Å². The van der Waals surface area contributed by atoms with Crippen molar-refractivity contribution in [2.24, 2.45) is 0 Å². The molecule has 3 heteroatoms. The van der Waals surface area contributed by atoms with Crippen LogP contribution in [0.3, 0.4) is 0 Å². The summed E-state index contributed by atoms with van der Waals surface area (Å²) < 4.78 is 6.88. The minimum atomic E-state index is 0.680. The molecule has 0 atom stereocenters. The predicted molar refractivity (Wildman–Crippen MR) is 84.7 cm³/mol. The number of aromatic nitrogens is 1. The molecule has 0 saturated heterocycles. The Morgan fingerprint density at radius 1 is 0.850 bits per heavy atom. The van der Waals surface area contributed by atoms with Gasteiger partial charge in [-0.2, -0.15) is 0 Å². The fourth-order valence-corrected chi connectivity index (χ4v) is 2.76. The van der Waals surface area contributed by atoms with Gasteiger partial charge in [0, 0.05) is 20.8 Å². The lowest BCUT2D eigenvalue weighted by Crippen LogP contribution is -1.82. The molecule has 0 spiro atoms. The highest BCUT2D eigenvalue weighted by Crippen LogP contribution is 2.31. The zero-order valence-corrected chi connectivity index (χ0v) is 12.1. The van der Waals surface area contributed by atoms with Crippen LogP contribution in [0.1, 0.15) is 0 Å². The Labute approximate surface area is 124 Å². The lowest BCUT2D eigenvalue weighted by Gasteiger charge is -1.99. The van der Waals surface area contributed by atoms with E-state index in [9.17, 15) is 0 Å². The maximum absolute atomic E-state index is 5.84. The second-order valence-corrected chi connectivity index (χ2v) is 5.57. The van der Waals surface area contributed by atoms with Gasteiger partial charge in [0.1, 0.15) is 5.58 Å². The summed E-state index contributed by atoms with van der Waals surface area (Å²) in [5.74, 6) is 0. The molecule has 0 aliphatic rings. The molecule has 0 unspecified atom stereocenters. The van der Waals surface area contributed by atoms with Crippen LogP contribution in [-0.2, 0) is 0 Å². The summed E-state index contributed by atoms with van der Waals surface area (Å²) in [6.45, 7) is 0. The summed E-state index contributed by atoms with van der Waals surface area (Å²) in [4.78, 5) is 4.63. The maximum atomic E-state index is 5.84. The second-order valence-electron chi connectivity index (χ2n) is 4.66. The van der Waals surface area contributed by atoms with E-state index in [0.717, 1.165) is 32.1 Å². The third kappa shape index (κ3) is 1.82. The minimum absolute atomic E-state index is 0.680. The number of nitrogens with zero attached hydrogens (tertiary/aromatic N) is 1. The van der Waals surface area contributed by atoms with Crippen molar-refractivity contribution >= 4 is 38.0 Å². The van der Waals surface area contributed by atoms with Gasteiger partial charge in [-0.3, -0.25) is 0 Å². The SMILES string of the molecule is Brc1ccc2oc3nc(-c4ccccc4)ccc3c2c1. The molecular weight excluding hydrogens is 314 g/mol. The van der Waals surface area contributed by atoms with Crippen LogP contribution in [0.25, 0.3) is 33.3 Å². The predicted octanol–water partition coefficient (Wildman–Crippen LogP) is 5.41. The van der Waals surface area contributed by atoms with E-state index in [1.807, 2.05) is 48.5 Å². The molecule has 0 aliphatic carbocycles. The molecule has 0 N–H and O–H groups in total. The van der Waals surface area contributed by atoms with E-state index in [-0.39, 0.29) is 0 Å². The Balaban J connectivity index is 1.98. The average Bonchev–Trinajstić information content (AvgIpc) is 2.85. The van der Waals surface area contributed by atoms with Crippen molar-refractivity contribution in [1.82, 2.24) is 4.98 Å². The maximum Gasteiger partial charge on any atom is 0.227 e. The molecule has 4 rings (SSSR count). The quantitative estimate of drug-likeness (QED) is 0.468. The first-order valence-electron chi connectivity index (χ1n) is 6.35. The summed E-state index contributed by atoms with van der Waals surface area (Å²) >= 11 is 3.49. The Bertz CT molecular complexity index is 912. The largest absolute Gasteiger partial charge is 0.438 e. The van der Waals surface area contributed by atoms with Crippen molar-refractivity contribution in [2.45, 2.75) is 0 Å². The van der Waals surface area contributed by atoms with Crippen LogP contribution in [0, 0.1) is 0 Å². The number of pyridine rings is 1. The summed E-state index contributed by atoms with van der Waals surface area (Å²) in [6, 6.07) is 20.2. The van der Waals surface area contributed by atoms with Crippen LogP contribution < -0.4 is 0 Å².